The molecule has 0 saturated carbocycles. The Bertz CT molecular complexity index is 1080. The van der Waals surface area contributed by atoms with Crippen LogP contribution < -0.4 is 5.56 Å². The van der Waals surface area contributed by atoms with Crippen LogP contribution in [0.25, 0.3) is 32.4 Å². The van der Waals surface area contributed by atoms with E-state index in [0.29, 0.717) is 0 Å². The van der Waals surface area contributed by atoms with Gasteiger partial charge in [0.2, 0.25) is 0 Å². The average Bonchev–Trinajstić information content (AvgIpc) is 2.61. The molecule has 0 saturated heterocycles. The van der Waals surface area contributed by atoms with E-state index in [1.165, 1.54) is 16.2 Å². The van der Waals surface area contributed by atoms with E-state index in [0.717, 1.165) is 35.7 Å². The first-order valence-corrected chi connectivity index (χ1v) is 8.24. The number of aryl methyl sites for hydroxylation is 1. The third-order valence-corrected chi connectivity index (χ3v) is 4.61. The highest BCUT2D eigenvalue weighted by molar-refractivity contribution is 6.18. The van der Waals surface area contributed by atoms with Crippen molar-refractivity contribution >= 4 is 32.4 Å². The van der Waals surface area contributed by atoms with Crippen LogP contribution in [0.5, 0.6) is 0 Å². The summed E-state index contributed by atoms with van der Waals surface area (Å²) in [6.45, 7) is 2.93. The first kappa shape index (κ1) is 14.0. The van der Waals surface area contributed by atoms with Crippen LogP contribution >= 0.6 is 0 Å². The number of nitrogens with zero attached hydrogens (tertiary/aromatic N) is 1. The highest BCUT2D eigenvalue weighted by Crippen LogP contribution is 2.30. The fraction of sp³-hybridized carbons (Fsp3) is 0.190. The van der Waals surface area contributed by atoms with Crippen molar-refractivity contribution in [2.45, 2.75) is 26.3 Å². The molecule has 0 atom stereocenters. The predicted molar refractivity (Wildman–Crippen MR) is 98.1 cm³/mol. The fourth-order valence-electron chi connectivity index (χ4n) is 3.45. The highest BCUT2D eigenvalue weighted by atomic mass is 16.1. The van der Waals surface area contributed by atoms with Gasteiger partial charge in [-0.3, -0.25) is 4.79 Å². The monoisotopic (exact) mass is 301 g/mol. The van der Waals surface area contributed by atoms with Gasteiger partial charge in [-0.15, -0.1) is 0 Å². The van der Waals surface area contributed by atoms with Crippen molar-refractivity contribution in [3.8, 4) is 0 Å². The topological polar surface area (TPSA) is 22.0 Å². The number of fused-ring (bicyclic) bond motifs is 5. The van der Waals surface area contributed by atoms with Gasteiger partial charge in [0.05, 0.1) is 5.52 Å². The molecule has 4 aromatic rings. The van der Waals surface area contributed by atoms with Gasteiger partial charge in [-0.2, -0.15) is 0 Å². The summed E-state index contributed by atoms with van der Waals surface area (Å²) < 4.78 is 1.95. The summed E-state index contributed by atoms with van der Waals surface area (Å²) in [7, 11) is 0. The molecule has 0 aliphatic heterocycles. The molecule has 0 bridgehead atoms. The number of hydrogen-bond acceptors (Lipinski definition) is 1. The minimum Gasteiger partial charge on any atom is -0.308 e. The van der Waals surface area contributed by atoms with Gasteiger partial charge in [-0.1, -0.05) is 61.9 Å². The van der Waals surface area contributed by atoms with Crippen molar-refractivity contribution < 1.29 is 0 Å². The third-order valence-electron chi connectivity index (χ3n) is 4.61. The Kier molecular flexibility index (Phi) is 3.38. The lowest BCUT2D eigenvalue weighted by Crippen LogP contribution is -2.21. The normalized spacial score (nSPS) is 11.5. The molecule has 114 valence electrons. The SMILES string of the molecule is CCCCn1c(=O)c2ccccc2c2c3ccccc3ccc21. The molecule has 1 aromatic heterocycles. The maximum absolute atomic E-state index is 12.9. The van der Waals surface area contributed by atoms with Crippen LogP contribution in [-0.2, 0) is 6.54 Å². The van der Waals surface area contributed by atoms with E-state index < -0.39 is 0 Å². The lowest BCUT2D eigenvalue weighted by Gasteiger charge is -2.14. The minimum absolute atomic E-state index is 0.122. The van der Waals surface area contributed by atoms with Crippen LogP contribution in [0, 0.1) is 0 Å². The molecule has 1 heterocycles. The smallest absolute Gasteiger partial charge is 0.258 e. The summed E-state index contributed by atoms with van der Waals surface area (Å²) in [5, 5.41) is 5.48. The van der Waals surface area contributed by atoms with E-state index in [4.69, 9.17) is 0 Å². The molecule has 3 aromatic carbocycles. The van der Waals surface area contributed by atoms with Gasteiger partial charge < -0.3 is 4.57 Å². The lowest BCUT2D eigenvalue weighted by atomic mass is 9.99. The largest absolute Gasteiger partial charge is 0.308 e. The molecule has 0 unspecified atom stereocenters. The summed E-state index contributed by atoms with van der Waals surface area (Å²) in [4.78, 5) is 12.9. The van der Waals surface area contributed by atoms with Gasteiger partial charge in [-0.25, -0.2) is 0 Å². The molecule has 23 heavy (non-hydrogen) atoms. The number of benzene rings is 3. The molecule has 0 aliphatic carbocycles. The molecular weight excluding hydrogens is 282 g/mol. The summed E-state index contributed by atoms with van der Waals surface area (Å²) in [5.41, 5.74) is 1.16. The zero-order valence-corrected chi connectivity index (χ0v) is 13.3. The maximum Gasteiger partial charge on any atom is 0.258 e. The van der Waals surface area contributed by atoms with E-state index in [9.17, 15) is 4.79 Å². The quantitative estimate of drug-likeness (QED) is 0.482. The maximum atomic E-state index is 12.9. The molecule has 2 nitrogen and oxygen atoms in total. The first-order chi connectivity index (χ1) is 11.3. The third kappa shape index (κ3) is 2.14. The van der Waals surface area contributed by atoms with Crippen LogP contribution in [-0.4, -0.2) is 4.57 Å². The van der Waals surface area contributed by atoms with Gasteiger partial charge >= 0.3 is 0 Å². The van der Waals surface area contributed by atoms with Crippen molar-refractivity contribution in [1.29, 1.82) is 0 Å². The van der Waals surface area contributed by atoms with Crippen molar-refractivity contribution in [1.82, 2.24) is 4.57 Å². The van der Waals surface area contributed by atoms with E-state index in [-0.39, 0.29) is 5.56 Å². The van der Waals surface area contributed by atoms with Crippen LogP contribution in [0.3, 0.4) is 0 Å². The standard InChI is InChI=1S/C21H19NO/c1-2-3-14-22-19-13-12-15-8-4-5-9-16(15)20(19)17-10-6-7-11-18(17)21(22)23/h4-13H,2-3,14H2,1H3. The van der Waals surface area contributed by atoms with Crippen LogP contribution in [0.1, 0.15) is 19.8 Å². The van der Waals surface area contributed by atoms with Crippen molar-refractivity contribution in [3.63, 3.8) is 0 Å². The molecule has 0 amide bonds. The summed E-state index contributed by atoms with van der Waals surface area (Å²) in [5.74, 6) is 0. The van der Waals surface area contributed by atoms with Crippen LogP contribution in [0.15, 0.2) is 65.5 Å². The van der Waals surface area contributed by atoms with Gasteiger partial charge in [0.1, 0.15) is 0 Å². The van der Waals surface area contributed by atoms with Gasteiger partial charge in [0.15, 0.2) is 0 Å². The number of unbranched alkanes of at least 4 members (excludes halogenated alkanes) is 1. The van der Waals surface area contributed by atoms with Gasteiger partial charge in [-0.05, 0) is 34.7 Å². The second-order valence-corrected chi connectivity index (χ2v) is 6.04. The highest BCUT2D eigenvalue weighted by Gasteiger charge is 2.12. The van der Waals surface area contributed by atoms with E-state index in [2.05, 4.69) is 49.4 Å². The second-order valence-electron chi connectivity index (χ2n) is 6.04. The molecule has 0 fully saturated rings. The van der Waals surface area contributed by atoms with E-state index in [1.807, 2.05) is 22.8 Å². The predicted octanol–water partition coefficient (Wildman–Crippen LogP) is 5.11. The van der Waals surface area contributed by atoms with Crippen molar-refractivity contribution in [3.05, 3.63) is 71.0 Å². The zero-order valence-electron chi connectivity index (χ0n) is 13.3. The van der Waals surface area contributed by atoms with E-state index >= 15 is 0 Å². The Morgan fingerprint density at radius 1 is 0.826 bits per heavy atom. The molecule has 0 radical (unpaired) electrons. The summed E-state index contributed by atoms with van der Waals surface area (Å²) in [6.07, 6.45) is 2.09. The number of rotatable bonds is 3. The molecule has 4 rings (SSSR count). The zero-order chi connectivity index (χ0) is 15.8. The Morgan fingerprint density at radius 3 is 2.30 bits per heavy atom. The molecular formula is C21H19NO. The fourth-order valence-corrected chi connectivity index (χ4v) is 3.45. The minimum atomic E-state index is 0.122. The van der Waals surface area contributed by atoms with Gasteiger partial charge in [0, 0.05) is 17.3 Å². The van der Waals surface area contributed by atoms with Crippen molar-refractivity contribution in [2.75, 3.05) is 0 Å². The van der Waals surface area contributed by atoms with Crippen LogP contribution in [0.2, 0.25) is 0 Å². The summed E-state index contributed by atoms with van der Waals surface area (Å²) >= 11 is 0. The Balaban J connectivity index is 2.26. The average molecular weight is 301 g/mol. The Hall–Kier alpha value is -2.61. The summed E-state index contributed by atoms with van der Waals surface area (Å²) in [6, 6.07) is 20.6. The Labute approximate surface area is 135 Å². The number of pyridine rings is 1. The van der Waals surface area contributed by atoms with Crippen molar-refractivity contribution in [2.24, 2.45) is 0 Å². The molecule has 0 spiro atoms. The second kappa shape index (κ2) is 5.54. The first-order valence-electron chi connectivity index (χ1n) is 8.24. The van der Waals surface area contributed by atoms with Gasteiger partial charge in [0.25, 0.3) is 5.56 Å². The molecule has 0 N–H and O–H groups in total. The van der Waals surface area contributed by atoms with Crippen LogP contribution in [0.4, 0.5) is 0 Å². The number of aromatic nitrogens is 1. The van der Waals surface area contributed by atoms with E-state index in [1.54, 1.807) is 0 Å². The molecule has 0 aliphatic rings. The lowest BCUT2D eigenvalue weighted by molar-refractivity contribution is 0.635. The molecule has 2 heteroatoms. The number of hydrogen-bond donors (Lipinski definition) is 0. The Morgan fingerprint density at radius 2 is 1.52 bits per heavy atom.